The first kappa shape index (κ1) is 11.6. The smallest absolute Gasteiger partial charge is 0.400 e. The maximum atomic E-state index is 11.1. The summed E-state index contributed by atoms with van der Waals surface area (Å²) < 4.78 is 4.78. The van der Waals surface area contributed by atoms with Crippen LogP contribution in [0.2, 0.25) is 0 Å². The molecule has 0 bridgehead atoms. The maximum absolute atomic E-state index is 11.1. The molecule has 3 amide bonds. The van der Waals surface area contributed by atoms with E-state index in [0.717, 1.165) is 11.2 Å². The Balaban J connectivity index is 1.93. The van der Waals surface area contributed by atoms with Crippen LogP contribution in [0.4, 0.5) is 10.7 Å². The lowest BCUT2D eigenvalue weighted by atomic mass is 10.5. The van der Waals surface area contributed by atoms with Crippen molar-refractivity contribution < 1.29 is 18.9 Å². The number of hydrazine groups is 1. The van der Waals surface area contributed by atoms with Crippen LogP contribution >= 0.6 is 0 Å². The quantitative estimate of drug-likeness (QED) is 0.324. The van der Waals surface area contributed by atoms with E-state index in [4.69, 9.17) is 4.42 Å². The lowest BCUT2D eigenvalue weighted by molar-refractivity contribution is -0.402. The van der Waals surface area contributed by atoms with E-state index in [2.05, 4.69) is 10.6 Å². The zero-order valence-corrected chi connectivity index (χ0v) is 8.82. The predicted octanol–water partition coefficient (Wildman–Crippen LogP) is -0.422. The van der Waals surface area contributed by atoms with E-state index in [9.17, 15) is 19.7 Å². The summed E-state index contributed by atoms with van der Waals surface area (Å²) in [4.78, 5) is 31.5. The molecule has 1 aromatic heterocycles. The zero-order chi connectivity index (χ0) is 13.1. The van der Waals surface area contributed by atoms with E-state index in [1.807, 2.05) is 5.32 Å². The number of imide groups is 1. The predicted molar refractivity (Wildman–Crippen MR) is 56.3 cm³/mol. The lowest BCUT2D eigenvalue weighted by Gasteiger charge is -2.09. The first-order chi connectivity index (χ1) is 8.56. The molecule has 0 spiro atoms. The first-order valence-corrected chi connectivity index (χ1v) is 4.70. The molecule has 10 heteroatoms. The summed E-state index contributed by atoms with van der Waals surface area (Å²) in [6.45, 7) is -0.158. The number of carbonyl (C=O) groups excluding carboxylic acids is 2. The van der Waals surface area contributed by atoms with Gasteiger partial charge >= 0.3 is 11.9 Å². The molecule has 2 N–H and O–H groups in total. The molecule has 2 heterocycles. The first-order valence-electron chi connectivity index (χ1n) is 4.70. The van der Waals surface area contributed by atoms with Gasteiger partial charge in [0.15, 0.2) is 5.76 Å². The number of amides is 3. The minimum Gasteiger partial charge on any atom is -0.400 e. The van der Waals surface area contributed by atoms with Crippen LogP contribution in [0.1, 0.15) is 5.76 Å². The fraction of sp³-hybridized carbons (Fsp3) is 0.125. The van der Waals surface area contributed by atoms with Crippen LogP contribution in [0.3, 0.4) is 0 Å². The maximum Gasteiger partial charge on any atom is 0.433 e. The molecular weight excluding hydrogens is 246 g/mol. The van der Waals surface area contributed by atoms with Gasteiger partial charge in [0, 0.05) is 0 Å². The molecular formula is C8H7N5O5. The van der Waals surface area contributed by atoms with Gasteiger partial charge in [-0.15, -0.1) is 0 Å². The van der Waals surface area contributed by atoms with Crippen molar-refractivity contribution in [2.45, 2.75) is 0 Å². The molecule has 1 aliphatic rings. The number of nitrogens with zero attached hydrogens (tertiary/aromatic N) is 3. The van der Waals surface area contributed by atoms with Gasteiger partial charge in [-0.3, -0.25) is 20.2 Å². The third-order valence-corrected chi connectivity index (χ3v) is 1.96. The summed E-state index contributed by atoms with van der Waals surface area (Å²) in [6.07, 6.45) is 1.14. The molecule has 0 aliphatic carbocycles. The minimum atomic E-state index is -0.683. The van der Waals surface area contributed by atoms with Crippen molar-refractivity contribution in [1.82, 2.24) is 15.9 Å². The Labute approximate surface area is 99.4 Å². The number of nitro groups is 1. The summed E-state index contributed by atoms with van der Waals surface area (Å²) in [5, 5.41) is 16.9. The molecule has 1 aliphatic heterocycles. The van der Waals surface area contributed by atoms with Crippen LogP contribution in [0.25, 0.3) is 0 Å². The van der Waals surface area contributed by atoms with Crippen molar-refractivity contribution >= 4 is 24.0 Å². The molecule has 0 unspecified atom stereocenters. The molecule has 2 rings (SSSR count). The van der Waals surface area contributed by atoms with Crippen molar-refractivity contribution in [3.8, 4) is 0 Å². The lowest BCUT2D eigenvalue weighted by Crippen LogP contribution is -2.37. The summed E-state index contributed by atoms with van der Waals surface area (Å²) in [5.74, 6) is -0.720. The SMILES string of the molecule is O=C1CN(N/N=C/c2ccc([N+](=O)[O-])o2)C(=O)N1. The molecule has 1 aromatic rings. The second-order valence-electron chi connectivity index (χ2n) is 3.23. The van der Waals surface area contributed by atoms with Gasteiger partial charge in [0.25, 0.3) is 0 Å². The van der Waals surface area contributed by atoms with E-state index < -0.39 is 22.7 Å². The standard InChI is InChI=1S/C8H7N5O5/c14-6-4-12(8(15)10-6)11-9-3-5-1-2-7(18-5)13(16)17/h1-3,11H,4H2,(H,10,14,15)/b9-3+. The molecule has 10 nitrogen and oxygen atoms in total. The molecule has 0 saturated carbocycles. The summed E-state index contributed by atoms with van der Waals surface area (Å²) in [6, 6.07) is 1.90. The highest BCUT2D eigenvalue weighted by Gasteiger charge is 2.26. The second-order valence-corrected chi connectivity index (χ2v) is 3.23. The number of nitrogens with one attached hydrogen (secondary N) is 2. The van der Waals surface area contributed by atoms with E-state index in [-0.39, 0.29) is 12.3 Å². The highest BCUT2D eigenvalue weighted by Crippen LogP contribution is 2.13. The summed E-state index contributed by atoms with van der Waals surface area (Å²) in [7, 11) is 0. The van der Waals surface area contributed by atoms with Crippen LogP contribution in [-0.4, -0.2) is 34.6 Å². The van der Waals surface area contributed by atoms with Crippen LogP contribution in [-0.2, 0) is 4.79 Å². The highest BCUT2D eigenvalue weighted by molar-refractivity contribution is 6.01. The molecule has 94 valence electrons. The average molecular weight is 253 g/mol. The molecule has 0 aromatic carbocycles. The summed E-state index contributed by atoms with van der Waals surface area (Å²) in [5.41, 5.74) is 2.29. The van der Waals surface area contributed by atoms with E-state index in [0.29, 0.717) is 0 Å². The van der Waals surface area contributed by atoms with Gasteiger partial charge in [-0.2, -0.15) is 5.10 Å². The van der Waals surface area contributed by atoms with Crippen LogP contribution in [0.15, 0.2) is 21.7 Å². The van der Waals surface area contributed by atoms with Gasteiger partial charge < -0.3 is 4.42 Å². The normalized spacial score (nSPS) is 15.2. The minimum absolute atomic E-state index is 0.139. The Bertz CT molecular complexity index is 536. The van der Waals surface area contributed by atoms with Crippen molar-refractivity contribution in [1.29, 1.82) is 0 Å². The van der Waals surface area contributed by atoms with Crippen molar-refractivity contribution in [2.75, 3.05) is 6.54 Å². The van der Waals surface area contributed by atoms with Gasteiger partial charge in [-0.25, -0.2) is 15.3 Å². The Morgan fingerprint density at radius 2 is 2.33 bits per heavy atom. The second kappa shape index (κ2) is 4.53. The fourth-order valence-corrected chi connectivity index (χ4v) is 1.19. The number of urea groups is 1. The molecule has 1 saturated heterocycles. The van der Waals surface area contributed by atoms with Crippen LogP contribution < -0.4 is 10.9 Å². The number of rotatable bonds is 4. The Hall–Kier alpha value is -2.91. The largest absolute Gasteiger partial charge is 0.433 e. The van der Waals surface area contributed by atoms with Gasteiger partial charge in [-0.1, -0.05) is 0 Å². The topological polar surface area (TPSA) is 130 Å². The average Bonchev–Trinajstić information content (AvgIpc) is 2.87. The van der Waals surface area contributed by atoms with Gasteiger partial charge in [0.05, 0.1) is 12.3 Å². The molecule has 1 fully saturated rings. The Kier molecular flexibility index (Phi) is 2.91. The number of carbonyl (C=O) groups is 2. The molecule has 0 atom stereocenters. The Morgan fingerprint density at radius 3 is 2.89 bits per heavy atom. The molecule has 0 radical (unpaired) electrons. The van der Waals surface area contributed by atoms with Crippen LogP contribution in [0.5, 0.6) is 0 Å². The van der Waals surface area contributed by atoms with Crippen molar-refractivity contribution in [3.05, 3.63) is 28.0 Å². The number of hydrogen-bond acceptors (Lipinski definition) is 7. The number of furan rings is 1. The van der Waals surface area contributed by atoms with Crippen molar-refractivity contribution in [3.63, 3.8) is 0 Å². The van der Waals surface area contributed by atoms with Crippen molar-refractivity contribution in [2.24, 2.45) is 5.10 Å². The van der Waals surface area contributed by atoms with Crippen LogP contribution in [0, 0.1) is 10.1 Å². The van der Waals surface area contributed by atoms with Gasteiger partial charge in [0.1, 0.15) is 11.5 Å². The van der Waals surface area contributed by atoms with Gasteiger partial charge in [0.2, 0.25) is 5.91 Å². The van der Waals surface area contributed by atoms with E-state index >= 15 is 0 Å². The van der Waals surface area contributed by atoms with E-state index in [1.165, 1.54) is 12.1 Å². The summed E-state index contributed by atoms with van der Waals surface area (Å²) >= 11 is 0. The molecule has 18 heavy (non-hydrogen) atoms. The Morgan fingerprint density at radius 1 is 1.56 bits per heavy atom. The number of hydrogen-bond donors (Lipinski definition) is 2. The zero-order valence-electron chi connectivity index (χ0n) is 8.82. The van der Waals surface area contributed by atoms with Gasteiger partial charge in [-0.05, 0) is 6.07 Å². The highest BCUT2D eigenvalue weighted by atomic mass is 16.6. The number of hydrazone groups is 1. The third-order valence-electron chi connectivity index (χ3n) is 1.96. The van der Waals surface area contributed by atoms with E-state index in [1.54, 1.807) is 0 Å². The monoisotopic (exact) mass is 253 g/mol. The fourth-order valence-electron chi connectivity index (χ4n) is 1.19. The third kappa shape index (κ3) is 2.42.